The molecule has 0 amide bonds. The minimum Gasteiger partial charge on any atom is -0.398 e. The number of rotatable bonds is 2. The third kappa shape index (κ3) is 2.07. The third-order valence-electron chi connectivity index (χ3n) is 4.81. The largest absolute Gasteiger partial charge is 0.521 e. The zero-order chi connectivity index (χ0) is 14.5. The van der Waals surface area contributed by atoms with Gasteiger partial charge < -0.3 is 9.31 Å². The smallest absolute Gasteiger partial charge is 0.398 e. The lowest BCUT2D eigenvalue weighted by molar-refractivity contribution is 0.00578. The fourth-order valence-electron chi connectivity index (χ4n) is 2.78. The van der Waals surface area contributed by atoms with E-state index >= 15 is 0 Å². The van der Waals surface area contributed by atoms with Crippen molar-refractivity contribution in [2.24, 2.45) is 0 Å². The molecule has 110 valence electrons. The van der Waals surface area contributed by atoms with E-state index in [-0.39, 0.29) is 11.6 Å². The van der Waals surface area contributed by atoms with Crippen molar-refractivity contribution in [3.63, 3.8) is 0 Å². The van der Waals surface area contributed by atoms with Gasteiger partial charge in [0.15, 0.2) is 5.59 Å². The number of nitrogens with zero attached hydrogens (tertiary/aromatic N) is 3. The number of hydrogen-bond donors (Lipinski definition) is 0. The van der Waals surface area contributed by atoms with Gasteiger partial charge in [0.05, 0.1) is 17.2 Å². The Bertz CT molecular complexity index is 496. The van der Waals surface area contributed by atoms with Gasteiger partial charge in [-0.05, 0) is 40.5 Å². The number of hydrogen-bond acceptors (Lipinski definition) is 4. The molecule has 0 aromatic carbocycles. The molecule has 5 nitrogen and oxygen atoms in total. The molecule has 0 spiro atoms. The lowest BCUT2D eigenvalue weighted by Gasteiger charge is -2.32. The van der Waals surface area contributed by atoms with Crippen molar-refractivity contribution >= 4 is 12.7 Å². The van der Waals surface area contributed by atoms with E-state index in [0.29, 0.717) is 0 Å². The molecule has 3 rings (SSSR count). The maximum absolute atomic E-state index is 14.5. The Morgan fingerprint density at radius 2 is 1.70 bits per heavy atom. The molecule has 7 heteroatoms. The van der Waals surface area contributed by atoms with Gasteiger partial charge in [-0.1, -0.05) is 18.1 Å². The predicted molar refractivity (Wildman–Crippen MR) is 73.2 cm³/mol. The zero-order valence-corrected chi connectivity index (χ0v) is 12.5. The summed E-state index contributed by atoms with van der Waals surface area (Å²) >= 11 is 0. The number of halogens is 1. The summed E-state index contributed by atoms with van der Waals surface area (Å²) in [6, 6.07) is 0.124. The molecule has 0 N–H and O–H groups in total. The highest BCUT2D eigenvalue weighted by atomic mass is 19.1. The highest BCUT2D eigenvalue weighted by Gasteiger charge is 2.54. The van der Waals surface area contributed by atoms with Crippen LogP contribution < -0.4 is 5.59 Å². The van der Waals surface area contributed by atoms with Crippen LogP contribution in [0.4, 0.5) is 4.39 Å². The lowest BCUT2D eigenvalue weighted by atomic mass is 9.85. The molecule has 20 heavy (non-hydrogen) atoms. The van der Waals surface area contributed by atoms with Crippen LogP contribution in [0.25, 0.3) is 0 Å². The van der Waals surface area contributed by atoms with Gasteiger partial charge in [-0.15, -0.1) is 5.10 Å². The van der Waals surface area contributed by atoms with Crippen molar-refractivity contribution in [2.75, 3.05) is 0 Å². The minimum absolute atomic E-state index is 0.124. The second kappa shape index (κ2) is 4.53. The van der Waals surface area contributed by atoms with E-state index in [1.54, 1.807) is 0 Å². The van der Waals surface area contributed by atoms with Gasteiger partial charge in [0.2, 0.25) is 5.95 Å². The van der Waals surface area contributed by atoms with Crippen LogP contribution in [0.5, 0.6) is 0 Å². The van der Waals surface area contributed by atoms with Crippen LogP contribution in [0.1, 0.15) is 59.4 Å². The summed E-state index contributed by atoms with van der Waals surface area (Å²) in [5.41, 5.74) is -0.835. The Hall–Kier alpha value is -0.945. The standard InChI is InChI=1S/C13H21BFN3O2/c1-12(2)13(3,4)20-14(19-12)10-11(15)18(17-16-10)9-7-5-6-8-9/h9H,5-8H2,1-4H3. The molecule has 1 aromatic heterocycles. The van der Waals surface area contributed by atoms with Crippen molar-refractivity contribution in [2.45, 2.75) is 70.6 Å². The molecule has 1 saturated carbocycles. The highest BCUT2D eigenvalue weighted by Crippen LogP contribution is 2.36. The van der Waals surface area contributed by atoms with Crippen molar-refractivity contribution in [1.29, 1.82) is 0 Å². The van der Waals surface area contributed by atoms with Gasteiger partial charge >= 0.3 is 7.12 Å². The molecule has 2 aliphatic rings. The van der Waals surface area contributed by atoms with Crippen molar-refractivity contribution < 1.29 is 13.7 Å². The quantitative estimate of drug-likeness (QED) is 0.776. The molecule has 0 unspecified atom stereocenters. The Morgan fingerprint density at radius 3 is 2.25 bits per heavy atom. The molecular formula is C13H21BFN3O2. The van der Waals surface area contributed by atoms with Gasteiger partial charge in [-0.25, -0.2) is 4.68 Å². The normalized spacial score (nSPS) is 25.6. The lowest BCUT2D eigenvalue weighted by Crippen LogP contribution is -2.41. The fourth-order valence-corrected chi connectivity index (χ4v) is 2.78. The Kier molecular flexibility index (Phi) is 3.17. The summed E-state index contributed by atoms with van der Waals surface area (Å²) in [7, 11) is -0.782. The molecule has 0 radical (unpaired) electrons. The molecular weight excluding hydrogens is 260 g/mol. The van der Waals surface area contributed by atoms with Gasteiger partial charge in [0.25, 0.3) is 0 Å². The monoisotopic (exact) mass is 281 g/mol. The molecule has 2 heterocycles. The first-order chi connectivity index (χ1) is 9.32. The topological polar surface area (TPSA) is 49.2 Å². The summed E-state index contributed by atoms with van der Waals surface area (Å²) in [5, 5.41) is 7.93. The fraction of sp³-hybridized carbons (Fsp3) is 0.846. The van der Waals surface area contributed by atoms with E-state index in [1.807, 2.05) is 27.7 Å². The van der Waals surface area contributed by atoms with E-state index in [1.165, 1.54) is 4.68 Å². The van der Waals surface area contributed by atoms with E-state index in [0.717, 1.165) is 25.7 Å². The molecule has 1 aromatic rings. The first-order valence-electron chi connectivity index (χ1n) is 7.28. The van der Waals surface area contributed by atoms with Crippen molar-refractivity contribution in [3.8, 4) is 0 Å². The Balaban J connectivity index is 1.86. The van der Waals surface area contributed by atoms with Crippen LogP contribution in [0.15, 0.2) is 0 Å². The molecule has 1 saturated heterocycles. The molecule has 1 aliphatic carbocycles. The van der Waals surface area contributed by atoms with Gasteiger partial charge in [-0.2, -0.15) is 4.39 Å². The molecule has 2 fully saturated rings. The summed E-state index contributed by atoms with van der Waals surface area (Å²) in [6.07, 6.45) is 4.16. The van der Waals surface area contributed by atoms with Crippen LogP contribution in [0.3, 0.4) is 0 Å². The number of aromatic nitrogens is 3. The highest BCUT2D eigenvalue weighted by molar-refractivity contribution is 6.61. The van der Waals surface area contributed by atoms with Crippen LogP contribution in [0, 0.1) is 5.95 Å². The Morgan fingerprint density at radius 1 is 1.15 bits per heavy atom. The summed E-state index contributed by atoms with van der Waals surface area (Å²) in [5.74, 6) is -0.421. The Labute approximate surface area is 119 Å². The van der Waals surface area contributed by atoms with Crippen LogP contribution in [-0.2, 0) is 9.31 Å². The molecule has 0 atom stereocenters. The van der Waals surface area contributed by atoms with Crippen molar-refractivity contribution in [1.82, 2.24) is 15.0 Å². The van der Waals surface area contributed by atoms with E-state index in [2.05, 4.69) is 10.3 Å². The zero-order valence-electron chi connectivity index (χ0n) is 12.5. The van der Waals surface area contributed by atoms with Gasteiger partial charge in [0, 0.05) is 0 Å². The average molecular weight is 281 g/mol. The summed E-state index contributed by atoms with van der Waals surface area (Å²) in [6.45, 7) is 7.75. The van der Waals surface area contributed by atoms with E-state index < -0.39 is 24.3 Å². The van der Waals surface area contributed by atoms with Crippen LogP contribution in [0.2, 0.25) is 0 Å². The molecule has 0 bridgehead atoms. The van der Waals surface area contributed by atoms with Crippen LogP contribution >= 0.6 is 0 Å². The summed E-state index contributed by atoms with van der Waals surface area (Å²) < 4.78 is 27.6. The first-order valence-corrected chi connectivity index (χ1v) is 7.28. The average Bonchev–Trinajstić information content (AvgIpc) is 2.99. The molecule has 1 aliphatic heterocycles. The first kappa shape index (κ1) is 14.0. The van der Waals surface area contributed by atoms with Gasteiger partial charge in [-0.3, -0.25) is 0 Å². The van der Waals surface area contributed by atoms with E-state index in [4.69, 9.17) is 9.31 Å². The van der Waals surface area contributed by atoms with Crippen LogP contribution in [-0.4, -0.2) is 33.3 Å². The second-order valence-electron chi connectivity index (χ2n) is 6.74. The summed E-state index contributed by atoms with van der Waals surface area (Å²) in [4.78, 5) is 0. The maximum Gasteiger partial charge on any atom is 0.521 e. The third-order valence-corrected chi connectivity index (χ3v) is 4.81. The predicted octanol–water partition coefficient (Wildman–Crippen LogP) is 1.83. The van der Waals surface area contributed by atoms with Gasteiger partial charge in [0.1, 0.15) is 0 Å². The maximum atomic E-state index is 14.5. The second-order valence-corrected chi connectivity index (χ2v) is 6.74. The van der Waals surface area contributed by atoms with E-state index in [9.17, 15) is 4.39 Å². The SMILES string of the molecule is CC1(C)OB(c2nnn(C3CCCC3)c2F)OC1(C)C. The van der Waals surface area contributed by atoms with Crippen molar-refractivity contribution in [3.05, 3.63) is 5.95 Å². The minimum atomic E-state index is -0.782.